The number of benzene rings is 2. The van der Waals surface area contributed by atoms with Gasteiger partial charge in [0.2, 0.25) is 0 Å². The van der Waals surface area contributed by atoms with E-state index in [9.17, 15) is 9.59 Å². The van der Waals surface area contributed by atoms with Gasteiger partial charge in [0, 0.05) is 22.0 Å². The maximum absolute atomic E-state index is 11.6. The van der Waals surface area contributed by atoms with E-state index in [0.717, 1.165) is 5.56 Å². The molecule has 0 bridgehead atoms. The van der Waals surface area contributed by atoms with Crippen LogP contribution < -0.4 is 14.8 Å². The number of carbonyl (C=O) groups excluding carboxylic acids is 2. The number of nitrogens with one attached hydrogen (secondary N) is 1. The number of hydrogen-bond donors (Lipinski definition) is 1. The van der Waals surface area contributed by atoms with Crippen LogP contribution in [0.2, 0.25) is 15.1 Å². The Morgan fingerprint density at radius 3 is 2.48 bits per heavy atom. The van der Waals surface area contributed by atoms with Crippen molar-refractivity contribution in [2.45, 2.75) is 13.0 Å². The van der Waals surface area contributed by atoms with E-state index in [4.69, 9.17) is 44.3 Å². The van der Waals surface area contributed by atoms with Crippen LogP contribution in [0, 0.1) is 0 Å². The number of aliphatic imine (C=N–C) groups is 1. The molecule has 2 aromatic carbocycles. The van der Waals surface area contributed by atoms with Crippen LogP contribution >= 0.6 is 34.8 Å². The lowest BCUT2D eigenvalue weighted by Gasteiger charge is -2.15. The van der Waals surface area contributed by atoms with E-state index in [1.165, 1.54) is 7.11 Å². The molecule has 1 aliphatic heterocycles. The SMILES string of the molecule is COc1cc(CC2=NC(=O)NC2=O)cc(Cl)c1OCc1ccc(Cl)cc1Cl. The molecule has 0 aromatic heterocycles. The highest BCUT2D eigenvalue weighted by atomic mass is 35.5. The number of ether oxygens (including phenoxy) is 2. The first-order valence-electron chi connectivity index (χ1n) is 7.73. The van der Waals surface area contributed by atoms with Gasteiger partial charge in [-0.2, -0.15) is 4.99 Å². The summed E-state index contributed by atoms with van der Waals surface area (Å²) in [5, 5.41) is 3.39. The summed E-state index contributed by atoms with van der Waals surface area (Å²) in [5.41, 5.74) is 1.50. The maximum atomic E-state index is 11.6. The lowest BCUT2D eigenvalue weighted by molar-refractivity contribution is -0.113. The van der Waals surface area contributed by atoms with E-state index in [1.54, 1.807) is 30.3 Å². The lowest BCUT2D eigenvalue weighted by Crippen LogP contribution is -2.26. The maximum Gasteiger partial charge on any atom is 0.348 e. The van der Waals surface area contributed by atoms with Crippen LogP contribution in [0.5, 0.6) is 11.5 Å². The number of hydrogen-bond acceptors (Lipinski definition) is 4. The van der Waals surface area contributed by atoms with E-state index in [2.05, 4.69) is 10.3 Å². The van der Waals surface area contributed by atoms with Gasteiger partial charge in [0.25, 0.3) is 5.91 Å². The topological polar surface area (TPSA) is 77.0 Å². The Bertz CT molecular complexity index is 960. The van der Waals surface area contributed by atoms with Crippen molar-refractivity contribution in [1.29, 1.82) is 0 Å². The largest absolute Gasteiger partial charge is 0.493 e. The molecule has 0 saturated heterocycles. The van der Waals surface area contributed by atoms with Gasteiger partial charge in [0.15, 0.2) is 11.5 Å². The van der Waals surface area contributed by atoms with Gasteiger partial charge in [-0.25, -0.2) is 4.79 Å². The molecule has 0 spiro atoms. The predicted molar refractivity (Wildman–Crippen MR) is 103 cm³/mol. The zero-order chi connectivity index (χ0) is 19.6. The zero-order valence-corrected chi connectivity index (χ0v) is 16.3. The summed E-state index contributed by atoms with van der Waals surface area (Å²) in [6, 6.07) is 7.71. The molecule has 0 atom stereocenters. The van der Waals surface area contributed by atoms with Crippen LogP contribution in [0.4, 0.5) is 4.79 Å². The van der Waals surface area contributed by atoms with E-state index < -0.39 is 11.9 Å². The lowest BCUT2D eigenvalue weighted by atomic mass is 10.1. The molecular formula is C18H13Cl3N2O4. The van der Waals surface area contributed by atoms with Gasteiger partial charge in [-0.15, -0.1) is 0 Å². The van der Waals surface area contributed by atoms with E-state index >= 15 is 0 Å². The monoisotopic (exact) mass is 426 g/mol. The Balaban J connectivity index is 1.81. The molecule has 2 aromatic rings. The van der Waals surface area contributed by atoms with Gasteiger partial charge in [-0.05, 0) is 29.8 Å². The molecule has 0 saturated carbocycles. The summed E-state index contributed by atoms with van der Waals surface area (Å²) in [5.74, 6) is 0.198. The minimum Gasteiger partial charge on any atom is -0.493 e. The Labute approximate surface area is 170 Å². The molecule has 3 rings (SSSR count). The van der Waals surface area contributed by atoms with Crippen molar-refractivity contribution >= 4 is 52.5 Å². The summed E-state index contributed by atoms with van der Waals surface area (Å²) in [7, 11) is 1.47. The third-order valence-electron chi connectivity index (χ3n) is 3.77. The Morgan fingerprint density at radius 2 is 1.85 bits per heavy atom. The molecule has 1 aliphatic rings. The van der Waals surface area contributed by atoms with Crippen molar-refractivity contribution in [3.05, 3.63) is 56.5 Å². The molecule has 0 aliphatic carbocycles. The molecule has 140 valence electrons. The van der Waals surface area contributed by atoms with Crippen molar-refractivity contribution in [3.8, 4) is 11.5 Å². The summed E-state index contributed by atoms with van der Waals surface area (Å²) in [6.45, 7) is 0.162. The van der Waals surface area contributed by atoms with Crippen LogP contribution in [0.1, 0.15) is 11.1 Å². The van der Waals surface area contributed by atoms with Gasteiger partial charge < -0.3 is 9.47 Å². The zero-order valence-electron chi connectivity index (χ0n) is 14.0. The highest BCUT2D eigenvalue weighted by Crippen LogP contribution is 2.37. The number of rotatable bonds is 6. The summed E-state index contributed by atoms with van der Waals surface area (Å²) < 4.78 is 11.1. The smallest absolute Gasteiger partial charge is 0.348 e. The van der Waals surface area contributed by atoms with Gasteiger partial charge >= 0.3 is 6.03 Å². The normalized spacial score (nSPS) is 13.4. The number of carbonyl (C=O) groups is 2. The van der Waals surface area contributed by atoms with Crippen molar-refractivity contribution in [2.24, 2.45) is 4.99 Å². The van der Waals surface area contributed by atoms with Gasteiger partial charge in [-0.1, -0.05) is 40.9 Å². The molecule has 27 heavy (non-hydrogen) atoms. The van der Waals surface area contributed by atoms with Crippen molar-refractivity contribution in [3.63, 3.8) is 0 Å². The molecule has 0 unspecified atom stereocenters. The highest BCUT2D eigenvalue weighted by molar-refractivity contribution is 6.46. The number of amides is 3. The minimum absolute atomic E-state index is 0.111. The summed E-state index contributed by atoms with van der Waals surface area (Å²) in [6.07, 6.45) is 0.136. The minimum atomic E-state index is -0.673. The molecule has 1 heterocycles. The van der Waals surface area contributed by atoms with Crippen LogP contribution in [0.15, 0.2) is 35.3 Å². The molecule has 6 nitrogen and oxygen atoms in total. The van der Waals surface area contributed by atoms with Crippen LogP contribution in [-0.4, -0.2) is 24.8 Å². The number of urea groups is 1. The van der Waals surface area contributed by atoms with Gasteiger partial charge in [0.05, 0.1) is 12.1 Å². The third kappa shape index (κ3) is 4.53. The molecule has 3 amide bonds. The average Bonchev–Trinajstić information content (AvgIpc) is 2.92. The van der Waals surface area contributed by atoms with Crippen molar-refractivity contribution in [2.75, 3.05) is 7.11 Å². The fourth-order valence-electron chi connectivity index (χ4n) is 2.49. The third-order valence-corrected chi connectivity index (χ3v) is 4.63. The van der Waals surface area contributed by atoms with Crippen LogP contribution in [-0.2, 0) is 17.8 Å². The second-order valence-corrected chi connectivity index (χ2v) is 6.88. The van der Waals surface area contributed by atoms with Crippen LogP contribution in [0.3, 0.4) is 0 Å². The summed E-state index contributed by atoms with van der Waals surface area (Å²) in [4.78, 5) is 26.4. The number of methoxy groups -OCH3 is 1. The molecule has 0 fully saturated rings. The highest BCUT2D eigenvalue weighted by Gasteiger charge is 2.24. The second kappa shape index (κ2) is 8.17. The molecular weight excluding hydrogens is 415 g/mol. The molecule has 1 N–H and O–H groups in total. The average molecular weight is 428 g/mol. The number of imide groups is 1. The molecule has 0 radical (unpaired) electrons. The first kappa shape index (κ1) is 19.5. The van der Waals surface area contributed by atoms with Crippen LogP contribution in [0.25, 0.3) is 0 Å². The first-order chi connectivity index (χ1) is 12.9. The molecule has 9 heteroatoms. The van der Waals surface area contributed by atoms with E-state index in [-0.39, 0.29) is 18.7 Å². The fraction of sp³-hybridized carbons (Fsp3) is 0.167. The quantitative estimate of drug-likeness (QED) is 0.738. The second-order valence-electron chi connectivity index (χ2n) is 5.63. The number of nitrogens with zero attached hydrogens (tertiary/aromatic N) is 1. The van der Waals surface area contributed by atoms with Gasteiger partial charge in [-0.3, -0.25) is 10.1 Å². The predicted octanol–water partition coefficient (Wildman–Crippen LogP) is 4.47. The van der Waals surface area contributed by atoms with Crippen molar-refractivity contribution < 1.29 is 19.1 Å². The Morgan fingerprint density at radius 1 is 1.07 bits per heavy atom. The van der Waals surface area contributed by atoms with E-state index in [0.29, 0.717) is 32.1 Å². The number of halogens is 3. The Kier molecular flexibility index (Phi) is 5.89. The van der Waals surface area contributed by atoms with Crippen molar-refractivity contribution in [1.82, 2.24) is 5.32 Å². The summed E-state index contributed by atoms with van der Waals surface area (Å²) >= 11 is 18.4. The van der Waals surface area contributed by atoms with E-state index in [1.807, 2.05) is 0 Å². The fourth-order valence-corrected chi connectivity index (χ4v) is 3.24. The standard InChI is InChI=1S/C18H13Cl3N2O4/c1-26-15-6-9(5-14-17(24)23-18(25)22-14)4-13(21)16(15)27-8-10-2-3-11(19)7-12(10)20/h2-4,6-7H,5,8H2,1H3,(H,23,24,25). The van der Waals surface area contributed by atoms with Gasteiger partial charge in [0.1, 0.15) is 12.3 Å². The first-order valence-corrected chi connectivity index (χ1v) is 8.86. The Hall–Kier alpha value is -2.28.